The first kappa shape index (κ1) is 17.5. The van der Waals surface area contributed by atoms with E-state index in [9.17, 15) is 9.59 Å². The molecular formula is C20H20N2O4. The number of rotatable bonds is 6. The molecule has 0 aliphatic heterocycles. The van der Waals surface area contributed by atoms with Gasteiger partial charge >= 0.3 is 5.97 Å². The van der Waals surface area contributed by atoms with Crippen LogP contribution in [0.5, 0.6) is 0 Å². The molecule has 1 aromatic carbocycles. The standard InChI is InChI=1S/C20H20N2O4/c1-14(15-7-4-3-5-8-15)21-19(23)13-22-16(18-9-6-12-26-18)10-11-17(22)20(24)25-2/h3-12,14H,13H2,1-2H3,(H,21,23)/t14-/m1/s1. The minimum Gasteiger partial charge on any atom is -0.464 e. The second kappa shape index (κ2) is 7.74. The van der Waals surface area contributed by atoms with Crippen molar-refractivity contribution >= 4 is 11.9 Å². The van der Waals surface area contributed by atoms with Gasteiger partial charge in [-0.25, -0.2) is 4.79 Å². The highest BCUT2D eigenvalue weighted by atomic mass is 16.5. The molecule has 3 rings (SSSR count). The summed E-state index contributed by atoms with van der Waals surface area (Å²) < 4.78 is 11.8. The monoisotopic (exact) mass is 352 g/mol. The van der Waals surface area contributed by atoms with Gasteiger partial charge in [-0.15, -0.1) is 0 Å². The van der Waals surface area contributed by atoms with Gasteiger partial charge in [-0.05, 0) is 36.8 Å². The summed E-state index contributed by atoms with van der Waals surface area (Å²) in [4.78, 5) is 24.6. The smallest absolute Gasteiger partial charge is 0.354 e. The highest BCUT2D eigenvalue weighted by Crippen LogP contribution is 2.24. The summed E-state index contributed by atoms with van der Waals surface area (Å²) in [6, 6.07) is 16.4. The molecule has 1 N–H and O–H groups in total. The number of methoxy groups -OCH3 is 1. The van der Waals surface area contributed by atoms with E-state index in [0.717, 1.165) is 5.56 Å². The van der Waals surface area contributed by atoms with E-state index in [1.165, 1.54) is 7.11 Å². The number of benzene rings is 1. The first-order valence-electron chi connectivity index (χ1n) is 8.26. The van der Waals surface area contributed by atoms with Crippen molar-refractivity contribution < 1.29 is 18.7 Å². The molecule has 0 unspecified atom stereocenters. The van der Waals surface area contributed by atoms with Crippen molar-refractivity contribution in [2.24, 2.45) is 0 Å². The van der Waals surface area contributed by atoms with Crippen LogP contribution in [-0.4, -0.2) is 23.6 Å². The van der Waals surface area contributed by atoms with Crippen LogP contribution in [0.3, 0.4) is 0 Å². The van der Waals surface area contributed by atoms with Crippen LogP contribution in [0.1, 0.15) is 29.0 Å². The van der Waals surface area contributed by atoms with Crippen LogP contribution in [0, 0.1) is 0 Å². The maximum absolute atomic E-state index is 12.6. The molecule has 0 fully saturated rings. The maximum atomic E-state index is 12.6. The molecule has 0 aliphatic carbocycles. The van der Waals surface area contributed by atoms with Crippen molar-refractivity contribution in [3.8, 4) is 11.5 Å². The molecule has 3 aromatic rings. The summed E-state index contributed by atoms with van der Waals surface area (Å²) in [5.41, 5.74) is 1.94. The molecule has 0 radical (unpaired) electrons. The predicted octanol–water partition coefficient (Wildman–Crippen LogP) is 3.41. The summed E-state index contributed by atoms with van der Waals surface area (Å²) in [7, 11) is 1.31. The molecule has 0 spiro atoms. The number of hydrogen-bond donors (Lipinski definition) is 1. The second-order valence-electron chi connectivity index (χ2n) is 5.86. The van der Waals surface area contributed by atoms with E-state index < -0.39 is 5.97 Å². The Balaban J connectivity index is 1.82. The van der Waals surface area contributed by atoms with Crippen molar-refractivity contribution in [3.63, 3.8) is 0 Å². The lowest BCUT2D eigenvalue weighted by molar-refractivity contribution is -0.122. The fourth-order valence-electron chi connectivity index (χ4n) is 2.82. The van der Waals surface area contributed by atoms with Crippen molar-refractivity contribution in [1.29, 1.82) is 0 Å². The van der Waals surface area contributed by atoms with Gasteiger partial charge in [-0.2, -0.15) is 0 Å². The van der Waals surface area contributed by atoms with Crippen molar-refractivity contribution in [2.75, 3.05) is 7.11 Å². The Morgan fingerprint density at radius 1 is 1.12 bits per heavy atom. The number of nitrogens with one attached hydrogen (secondary N) is 1. The minimum absolute atomic E-state index is 0.0232. The number of ether oxygens (including phenoxy) is 1. The average molecular weight is 352 g/mol. The quantitative estimate of drug-likeness (QED) is 0.690. The zero-order chi connectivity index (χ0) is 18.5. The molecule has 2 heterocycles. The summed E-state index contributed by atoms with van der Waals surface area (Å²) in [5, 5.41) is 2.95. The normalized spacial score (nSPS) is 11.8. The first-order valence-corrected chi connectivity index (χ1v) is 8.26. The number of carbonyl (C=O) groups is 2. The number of aromatic nitrogens is 1. The molecular weight excluding hydrogens is 332 g/mol. The largest absolute Gasteiger partial charge is 0.464 e. The maximum Gasteiger partial charge on any atom is 0.354 e. The molecule has 0 saturated heterocycles. The number of nitrogens with zero attached hydrogens (tertiary/aromatic N) is 1. The third kappa shape index (κ3) is 3.69. The van der Waals surface area contributed by atoms with Crippen LogP contribution in [-0.2, 0) is 16.1 Å². The van der Waals surface area contributed by atoms with Gasteiger partial charge in [0.1, 0.15) is 18.0 Å². The summed E-state index contributed by atoms with van der Waals surface area (Å²) >= 11 is 0. The summed E-state index contributed by atoms with van der Waals surface area (Å²) in [5.74, 6) is -0.147. The number of carbonyl (C=O) groups excluding carboxylic acids is 2. The molecule has 2 aromatic heterocycles. The van der Waals surface area contributed by atoms with Crippen LogP contribution in [0.15, 0.2) is 65.3 Å². The van der Waals surface area contributed by atoms with Gasteiger partial charge in [0.15, 0.2) is 0 Å². The van der Waals surface area contributed by atoms with E-state index in [4.69, 9.17) is 9.15 Å². The Hall–Kier alpha value is -3.28. The Kier molecular flexibility index (Phi) is 5.22. The van der Waals surface area contributed by atoms with E-state index in [0.29, 0.717) is 17.1 Å². The predicted molar refractivity (Wildman–Crippen MR) is 96.5 cm³/mol. The minimum atomic E-state index is -0.508. The van der Waals surface area contributed by atoms with Gasteiger partial charge in [-0.3, -0.25) is 4.79 Å². The fourth-order valence-corrected chi connectivity index (χ4v) is 2.82. The van der Waals surface area contributed by atoms with Crippen molar-refractivity contribution in [2.45, 2.75) is 19.5 Å². The third-order valence-corrected chi connectivity index (χ3v) is 4.13. The van der Waals surface area contributed by atoms with Gasteiger partial charge in [0.05, 0.1) is 25.1 Å². The second-order valence-corrected chi connectivity index (χ2v) is 5.86. The highest BCUT2D eigenvalue weighted by Gasteiger charge is 2.20. The molecule has 134 valence electrons. The Morgan fingerprint density at radius 2 is 1.88 bits per heavy atom. The Labute approximate surface area is 151 Å². The van der Waals surface area contributed by atoms with Gasteiger partial charge in [0, 0.05) is 0 Å². The molecule has 0 bridgehead atoms. The van der Waals surface area contributed by atoms with Gasteiger partial charge in [-0.1, -0.05) is 30.3 Å². The van der Waals surface area contributed by atoms with Crippen LogP contribution >= 0.6 is 0 Å². The molecule has 6 heteroatoms. The van der Waals surface area contributed by atoms with Gasteiger partial charge in [0.25, 0.3) is 0 Å². The SMILES string of the molecule is COC(=O)c1ccc(-c2ccco2)n1CC(=O)N[C@H](C)c1ccccc1. The zero-order valence-electron chi connectivity index (χ0n) is 14.6. The fraction of sp³-hybridized carbons (Fsp3) is 0.200. The first-order chi connectivity index (χ1) is 12.6. The molecule has 1 amide bonds. The van der Waals surface area contributed by atoms with Gasteiger partial charge in [0.2, 0.25) is 5.91 Å². The third-order valence-electron chi connectivity index (χ3n) is 4.13. The lowest BCUT2D eigenvalue weighted by Crippen LogP contribution is -2.31. The summed E-state index contributed by atoms with van der Waals surface area (Å²) in [6.07, 6.45) is 1.54. The van der Waals surface area contributed by atoms with Gasteiger partial charge < -0.3 is 19.0 Å². The molecule has 6 nitrogen and oxygen atoms in total. The zero-order valence-corrected chi connectivity index (χ0v) is 14.6. The molecule has 0 aliphatic rings. The van der Waals surface area contributed by atoms with Crippen LogP contribution in [0.2, 0.25) is 0 Å². The van der Waals surface area contributed by atoms with Crippen LogP contribution in [0.4, 0.5) is 0 Å². The lowest BCUT2D eigenvalue weighted by atomic mass is 10.1. The summed E-state index contributed by atoms with van der Waals surface area (Å²) in [6.45, 7) is 1.89. The molecule has 0 saturated carbocycles. The molecule has 1 atom stereocenters. The number of amides is 1. The van der Waals surface area contributed by atoms with E-state index in [-0.39, 0.29) is 18.5 Å². The number of hydrogen-bond acceptors (Lipinski definition) is 4. The Morgan fingerprint density at radius 3 is 2.54 bits per heavy atom. The van der Waals surface area contributed by atoms with E-state index in [2.05, 4.69) is 5.32 Å². The van der Waals surface area contributed by atoms with E-state index in [1.807, 2.05) is 37.3 Å². The number of esters is 1. The number of furan rings is 1. The van der Waals surface area contributed by atoms with E-state index >= 15 is 0 Å². The lowest BCUT2D eigenvalue weighted by Gasteiger charge is -2.16. The molecule has 26 heavy (non-hydrogen) atoms. The van der Waals surface area contributed by atoms with Crippen molar-refractivity contribution in [1.82, 2.24) is 9.88 Å². The topological polar surface area (TPSA) is 73.5 Å². The highest BCUT2D eigenvalue weighted by molar-refractivity contribution is 5.90. The Bertz CT molecular complexity index is 882. The van der Waals surface area contributed by atoms with Crippen LogP contribution < -0.4 is 5.32 Å². The van der Waals surface area contributed by atoms with Crippen molar-refractivity contribution in [3.05, 3.63) is 72.1 Å². The van der Waals surface area contributed by atoms with E-state index in [1.54, 1.807) is 35.1 Å². The average Bonchev–Trinajstić information content (AvgIpc) is 3.31. The van der Waals surface area contributed by atoms with Crippen LogP contribution in [0.25, 0.3) is 11.5 Å².